The van der Waals surface area contributed by atoms with Crippen LogP contribution in [-0.4, -0.2) is 62.2 Å². The molecule has 7 nitrogen and oxygen atoms in total. The van der Waals surface area contributed by atoms with Gasteiger partial charge in [-0.05, 0) is 37.8 Å². The zero-order valence-corrected chi connectivity index (χ0v) is 17.3. The van der Waals surface area contributed by atoms with E-state index in [0.29, 0.717) is 25.4 Å². The standard InChI is InChI=1S/C22H28FN5O2/c1-2-25-12-18(24-14-25)13-26-8-15-7-16(10-26)20-4-3-19(22(30)28(20)9-15)21(29)27-6-5-17(23)11-27/h3-4,12,14-17H,2,5-11,13H2,1H3/t15-,16+,17-/m0/s1. The van der Waals surface area contributed by atoms with E-state index in [1.165, 1.54) is 4.90 Å². The summed E-state index contributed by atoms with van der Waals surface area (Å²) in [7, 11) is 0. The molecule has 3 aliphatic heterocycles. The average Bonchev–Trinajstić information content (AvgIpc) is 3.37. The Labute approximate surface area is 175 Å². The van der Waals surface area contributed by atoms with Crippen molar-refractivity contribution in [2.45, 2.75) is 51.5 Å². The smallest absolute Gasteiger partial charge is 0.263 e. The SMILES string of the molecule is CCn1cnc(CN2C[C@@H]3C[C@H](C2)c2ccc(C(=O)N4CC[C@H](F)C4)c(=O)n2C3)c1. The van der Waals surface area contributed by atoms with Crippen molar-refractivity contribution in [3.8, 4) is 0 Å². The van der Waals surface area contributed by atoms with Crippen molar-refractivity contribution in [3.63, 3.8) is 0 Å². The van der Waals surface area contributed by atoms with Gasteiger partial charge in [-0.25, -0.2) is 9.37 Å². The van der Waals surface area contributed by atoms with E-state index in [1.807, 2.05) is 12.4 Å². The minimum Gasteiger partial charge on any atom is -0.337 e. The van der Waals surface area contributed by atoms with E-state index in [-0.39, 0.29) is 29.5 Å². The molecule has 8 heteroatoms. The van der Waals surface area contributed by atoms with Crippen molar-refractivity contribution in [2.24, 2.45) is 5.92 Å². The van der Waals surface area contributed by atoms with Gasteiger partial charge in [0.15, 0.2) is 0 Å². The number of carbonyl (C=O) groups is 1. The molecule has 2 bridgehead atoms. The molecule has 2 saturated heterocycles. The van der Waals surface area contributed by atoms with E-state index < -0.39 is 6.17 Å². The molecule has 2 aromatic heterocycles. The molecule has 30 heavy (non-hydrogen) atoms. The molecule has 0 aromatic carbocycles. The monoisotopic (exact) mass is 413 g/mol. The third kappa shape index (κ3) is 3.47. The number of imidazole rings is 1. The Kier molecular flexibility index (Phi) is 4.97. The lowest BCUT2D eigenvalue weighted by Crippen LogP contribution is -2.48. The maximum Gasteiger partial charge on any atom is 0.263 e. The predicted octanol–water partition coefficient (Wildman–Crippen LogP) is 1.87. The van der Waals surface area contributed by atoms with Gasteiger partial charge in [0.2, 0.25) is 0 Å². The summed E-state index contributed by atoms with van der Waals surface area (Å²) in [4.78, 5) is 34.3. The highest BCUT2D eigenvalue weighted by molar-refractivity contribution is 5.94. The Balaban J connectivity index is 1.36. The molecule has 5 rings (SSSR count). The van der Waals surface area contributed by atoms with Gasteiger partial charge in [0.05, 0.1) is 18.6 Å². The Morgan fingerprint density at radius 3 is 2.83 bits per heavy atom. The largest absolute Gasteiger partial charge is 0.337 e. The third-order valence-electron chi connectivity index (χ3n) is 6.77. The van der Waals surface area contributed by atoms with Crippen molar-refractivity contribution in [1.29, 1.82) is 0 Å². The zero-order chi connectivity index (χ0) is 20.8. The second-order valence-corrected chi connectivity index (χ2v) is 8.91. The Morgan fingerprint density at radius 1 is 1.23 bits per heavy atom. The molecular formula is C22H28FN5O2. The van der Waals surface area contributed by atoms with E-state index in [1.54, 1.807) is 10.6 Å². The summed E-state index contributed by atoms with van der Waals surface area (Å²) >= 11 is 0. The van der Waals surface area contributed by atoms with Crippen LogP contribution in [0.3, 0.4) is 0 Å². The molecule has 3 atom stereocenters. The van der Waals surface area contributed by atoms with Gasteiger partial charge in [0, 0.05) is 57.1 Å². The number of piperidine rings is 1. The summed E-state index contributed by atoms with van der Waals surface area (Å²) in [5.41, 5.74) is 2.05. The molecule has 5 heterocycles. The van der Waals surface area contributed by atoms with Gasteiger partial charge in [-0.1, -0.05) is 0 Å². The number of alkyl halides is 1. The second-order valence-electron chi connectivity index (χ2n) is 8.91. The number of pyridine rings is 1. The number of rotatable bonds is 4. The lowest BCUT2D eigenvalue weighted by molar-refractivity contribution is 0.0777. The number of nitrogens with zero attached hydrogens (tertiary/aromatic N) is 5. The van der Waals surface area contributed by atoms with Crippen LogP contribution >= 0.6 is 0 Å². The highest BCUT2D eigenvalue weighted by Crippen LogP contribution is 2.35. The number of likely N-dealkylation sites (tertiary alicyclic amines) is 2. The van der Waals surface area contributed by atoms with Gasteiger partial charge in [-0.15, -0.1) is 0 Å². The predicted molar refractivity (Wildman–Crippen MR) is 110 cm³/mol. The summed E-state index contributed by atoms with van der Waals surface area (Å²) in [6, 6.07) is 3.60. The molecule has 0 unspecified atom stereocenters. The maximum absolute atomic E-state index is 13.5. The number of amides is 1. The van der Waals surface area contributed by atoms with Gasteiger partial charge in [0.25, 0.3) is 11.5 Å². The summed E-state index contributed by atoms with van der Waals surface area (Å²) < 4.78 is 17.4. The van der Waals surface area contributed by atoms with Crippen LogP contribution in [0, 0.1) is 5.92 Å². The molecule has 2 aromatic rings. The Morgan fingerprint density at radius 2 is 2.10 bits per heavy atom. The van der Waals surface area contributed by atoms with Gasteiger partial charge in [-0.3, -0.25) is 14.5 Å². The van der Waals surface area contributed by atoms with Crippen molar-refractivity contribution >= 4 is 5.91 Å². The van der Waals surface area contributed by atoms with Crippen LogP contribution in [0.2, 0.25) is 0 Å². The lowest BCUT2D eigenvalue weighted by atomic mass is 9.83. The summed E-state index contributed by atoms with van der Waals surface area (Å²) in [6.45, 7) is 6.76. The van der Waals surface area contributed by atoms with Crippen LogP contribution in [0.5, 0.6) is 0 Å². The molecule has 0 saturated carbocycles. The first-order valence-corrected chi connectivity index (χ1v) is 10.9. The molecule has 0 N–H and O–H groups in total. The Bertz CT molecular complexity index is 1020. The minimum absolute atomic E-state index is 0.0913. The van der Waals surface area contributed by atoms with E-state index >= 15 is 0 Å². The Hall–Kier alpha value is -2.48. The first-order chi connectivity index (χ1) is 14.5. The summed E-state index contributed by atoms with van der Waals surface area (Å²) in [5.74, 6) is 0.332. The fraction of sp³-hybridized carbons (Fsp3) is 0.591. The van der Waals surface area contributed by atoms with Crippen LogP contribution < -0.4 is 5.56 Å². The van der Waals surface area contributed by atoms with Crippen molar-refractivity contribution in [1.82, 2.24) is 23.9 Å². The summed E-state index contributed by atoms with van der Waals surface area (Å²) in [6.07, 6.45) is 4.42. The van der Waals surface area contributed by atoms with E-state index in [4.69, 9.17) is 0 Å². The molecule has 2 fully saturated rings. The topological polar surface area (TPSA) is 63.4 Å². The normalized spacial score (nSPS) is 26.1. The number of aromatic nitrogens is 3. The van der Waals surface area contributed by atoms with Crippen molar-refractivity contribution < 1.29 is 9.18 Å². The lowest BCUT2D eigenvalue weighted by Gasteiger charge is -2.42. The average molecular weight is 413 g/mol. The van der Waals surface area contributed by atoms with Crippen LogP contribution in [-0.2, 0) is 19.6 Å². The van der Waals surface area contributed by atoms with E-state index in [0.717, 1.165) is 44.0 Å². The molecule has 1 amide bonds. The van der Waals surface area contributed by atoms with E-state index in [9.17, 15) is 14.0 Å². The number of halogens is 1. The van der Waals surface area contributed by atoms with Crippen LogP contribution in [0.15, 0.2) is 29.5 Å². The van der Waals surface area contributed by atoms with Crippen LogP contribution in [0.1, 0.15) is 47.4 Å². The second kappa shape index (κ2) is 7.65. The number of hydrogen-bond acceptors (Lipinski definition) is 4. The number of aryl methyl sites for hydroxylation is 1. The van der Waals surface area contributed by atoms with Crippen LogP contribution in [0.4, 0.5) is 4.39 Å². The van der Waals surface area contributed by atoms with Gasteiger partial charge in [-0.2, -0.15) is 0 Å². The summed E-state index contributed by atoms with van der Waals surface area (Å²) in [5, 5.41) is 0. The van der Waals surface area contributed by atoms with Crippen molar-refractivity contribution in [2.75, 3.05) is 26.2 Å². The number of carbonyl (C=O) groups excluding carboxylic acids is 1. The fourth-order valence-corrected chi connectivity index (χ4v) is 5.30. The molecular weight excluding hydrogens is 385 g/mol. The first-order valence-electron chi connectivity index (χ1n) is 10.9. The highest BCUT2D eigenvalue weighted by atomic mass is 19.1. The molecule has 160 valence electrons. The quantitative estimate of drug-likeness (QED) is 0.768. The van der Waals surface area contributed by atoms with Gasteiger partial charge >= 0.3 is 0 Å². The number of fused-ring (bicyclic) bond motifs is 4. The van der Waals surface area contributed by atoms with Crippen LogP contribution in [0.25, 0.3) is 0 Å². The minimum atomic E-state index is -0.983. The molecule has 3 aliphatic rings. The van der Waals surface area contributed by atoms with Gasteiger partial charge < -0.3 is 14.0 Å². The molecule has 0 radical (unpaired) electrons. The van der Waals surface area contributed by atoms with Crippen molar-refractivity contribution in [3.05, 3.63) is 52.0 Å². The third-order valence-corrected chi connectivity index (χ3v) is 6.77. The molecule has 0 aliphatic carbocycles. The molecule has 0 spiro atoms. The fourth-order valence-electron chi connectivity index (χ4n) is 5.30. The first kappa shape index (κ1) is 19.5. The maximum atomic E-state index is 13.5. The zero-order valence-electron chi connectivity index (χ0n) is 17.3. The van der Waals surface area contributed by atoms with Gasteiger partial charge in [0.1, 0.15) is 11.7 Å². The highest BCUT2D eigenvalue weighted by Gasteiger charge is 2.36. The number of hydrogen-bond donors (Lipinski definition) is 0. The van der Waals surface area contributed by atoms with E-state index in [2.05, 4.69) is 27.6 Å².